The molecular formula is C30H42N10O. The van der Waals surface area contributed by atoms with E-state index in [-0.39, 0.29) is 6.04 Å². The molecule has 3 N–H and O–H groups in total. The van der Waals surface area contributed by atoms with E-state index in [9.17, 15) is 0 Å². The van der Waals surface area contributed by atoms with Crippen LogP contribution in [0.25, 0.3) is 5.52 Å². The molecule has 11 heteroatoms. The number of ether oxygens (including phenoxy) is 1. The van der Waals surface area contributed by atoms with Gasteiger partial charge in [-0.25, -0.2) is 19.5 Å². The highest BCUT2D eigenvalue weighted by Crippen LogP contribution is 2.30. The van der Waals surface area contributed by atoms with Gasteiger partial charge in [0.25, 0.3) is 0 Å². The number of benzene rings is 1. The van der Waals surface area contributed by atoms with Crippen LogP contribution < -0.4 is 20.7 Å². The van der Waals surface area contributed by atoms with E-state index in [1.165, 1.54) is 11.9 Å². The number of nitrogens with two attached hydrogens (primary N) is 1. The molecule has 4 aromatic rings. The lowest BCUT2D eigenvalue weighted by Crippen LogP contribution is -2.56. The summed E-state index contributed by atoms with van der Waals surface area (Å²) in [7, 11) is 4.11. The molecule has 0 radical (unpaired) electrons. The van der Waals surface area contributed by atoms with Crippen LogP contribution in [0.5, 0.6) is 5.75 Å². The SMILES string of the molecule is Cc1ccn2nc([C@H](C)Nc3cc(N)ncn3)nc(N3C[C@@H](C)N(Cc4ccc(OCCN(C)C)cc4)[C@@H](C)C3)c12. The van der Waals surface area contributed by atoms with E-state index in [4.69, 9.17) is 20.6 Å². The minimum absolute atomic E-state index is 0.180. The van der Waals surface area contributed by atoms with Crippen molar-refractivity contribution in [2.24, 2.45) is 0 Å². The highest BCUT2D eigenvalue weighted by molar-refractivity contribution is 5.73. The molecule has 1 aliphatic rings. The third kappa shape index (κ3) is 6.68. The van der Waals surface area contributed by atoms with Crippen molar-refractivity contribution in [3.63, 3.8) is 0 Å². The molecule has 218 valence electrons. The van der Waals surface area contributed by atoms with Gasteiger partial charge in [-0.2, -0.15) is 5.10 Å². The van der Waals surface area contributed by atoms with Crippen LogP contribution >= 0.6 is 0 Å². The standard InChI is InChI=1S/C30H42N10O/c1-20-11-12-40-28(20)30(35-29(36-40)23(4)34-27-15-26(31)32-19-33-27)38-16-21(2)39(22(3)17-38)18-24-7-9-25(10-8-24)41-14-13-37(5)6/h7-12,15,19,21-23H,13-14,16-18H2,1-6H3,(H3,31,32,33,34)/t21-,22+,23-/m0/s1. The van der Waals surface area contributed by atoms with Gasteiger partial charge in [0.1, 0.15) is 35.8 Å². The van der Waals surface area contributed by atoms with E-state index in [2.05, 4.69) is 95.2 Å². The Hall–Kier alpha value is -3.96. The average molecular weight is 559 g/mol. The van der Waals surface area contributed by atoms with Gasteiger partial charge < -0.3 is 25.6 Å². The normalized spacial score (nSPS) is 18.7. The Morgan fingerprint density at radius 3 is 2.51 bits per heavy atom. The molecule has 11 nitrogen and oxygen atoms in total. The third-order valence-electron chi connectivity index (χ3n) is 7.65. The number of aryl methyl sites for hydroxylation is 1. The number of hydrogen-bond acceptors (Lipinski definition) is 10. The lowest BCUT2D eigenvalue weighted by atomic mass is 10.1. The fourth-order valence-electron chi connectivity index (χ4n) is 5.40. The molecule has 0 amide bonds. The van der Waals surface area contributed by atoms with Gasteiger partial charge in [-0.3, -0.25) is 4.90 Å². The summed E-state index contributed by atoms with van der Waals surface area (Å²) in [5.74, 6) is 3.63. The van der Waals surface area contributed by atoms with Crippen LogP contribution in [-0.2, 0) is 6.54 Å². The topological polar surface area (TPSA) is 113 Å². The number of nitrogens with zero attached hydrogens (tertiary/aromatic N) is 8. The van der Waals surface area contributed by atoms with Crippen molar-refractivity contribution in [2.75, 3.05) is 56.3 Å². The zero-order valence-electron chi connectivity index (χ0n) is 24.9. The molecule has 1 aromatic carbocycles. The summed E-state index contributed by atoms with van der Waals surface area (Å²) in [5, 5.41) is 8.20. The smallest absolute Gasteiger partial charge is 0.173 e. The molecule has 1 aliphatic heterocycles. The quantitative estimate of drug-likeness (QED) is 0.299. The number of rotatable bonds is 10. The zero-order chi connectivity index (χ0) is 29.1. The van der Waals surface area contributed by atoms with E-state index in [1.54, 1.807) is 6.07 Å². The monoisotopic (exact) mass is 558 g/mol. The molecule has 4 heterocycles. The largest absolute Gasteiger partial charge is 0.492 e. The fraction of sp³-hybridized carbons (Fsp3) is 0.467. The molecule has 0 unspecified atom stereocenters. The van der Waals surface area contributed by atoms with Crippen LogP contribution in [0.4, 0.5) is 17.5 Å². The predicted molar refractivity (Wildman–Crippen MR) is 163 cm³/mol. The number of piperazine rings is 1. The fourth-order valence-corrected chi connectivity index (χ4v) is 5.40. The Balaban J connectivity index is 1.31. The minimum Gasteiger partial charge on any atom is -0.492 e. The van der Waals surface area contributed by atoms with Gasteiger partial charge in [-0.15, -0.1) is 0 Å². The first-order valence-corrected chi connectivity index (χ1v) is 14.2. The summed E-state index contributed by atoms with van der Waals surface area (Å²) in [4.78, 5) is 20.5. The molecule has 3 atom stereocenters. The van der Waals surface area contributed by atoms with Crippen molar-refractivity contribution in [1.29, 1.82) is 0 Å². The van der Waals surface area contributed by atoms with Crippen molar-refractivity contribution in [2.45, 2.75) is 52.4 Å². The first-order valence-electron chi connectivity index (χ1n) is 14.2. The van der Waals surface area contributed by atoms with E-state index >= 15 is 0 Å². The second-order valence-electron chi connectivity index (χ2n) is 11.4. The van der Waals surface area contributed by atoms with E-state index in [1.807, 2.05) is 17.6 Å². The average Bonchev–Trinajstić information content (AvgIpc) is 3.31. The highest BCUT2D eigenvalue weighted by Gasteiger charge is 2.32. The van der Waals surface area contributed by atoms with E-state index in [0.29, 0.717) is 36.2 Å². The number of anilines is 3. The second kappa shape index (κ2) is 12.3. The Kier molecular flexibility index (Phi) is 8.55. The maximum Gasteiger partial charge on any atom is 0.173 e. The van der Waals surface area contributed by atoms with Gasteiger partial charge in [-0.1, -0.05) is 12.1 Å². The Labute approximate surface area is 242 Å². The maximum absolute atomic E-state index is 5.88. The Morgan fingerprint density at radius 1 is 1.10 bits per heavy atom. The molecule has 3 aromatic heterocycles. The Morgan fingerprint density at radius 2 is 1.83 bits per heavy atom. The van der Waals surface area contributed by atoms with Crippen molar-refractivity contribution >= 4 is 23.0 Å². The second-order valence-corrected chi connectivity index (χ2v) is 11.4. The molecule has 1 fully saturated rings. The maximum atomic E-state index is 5.88. The van der Waals surface area contributed by atoms with Crippen LogP contribution in [-0.4, -0.2) is 86.8 Å². The van der Waals surface area contributed by atoms with Gasteiger partial charge in [0.05, 0.1) is 6.04 Å². The summed E-state index contributed by atoms with van der Waals surface area (Å²) in [5.41, 5.74) is 9.34. The van der Waals surface area contributed by atoms with Crippen LogP contribution in [0, 0.1) is 6.92 Å². The molecule has 0 spiro atoms. The number of likely N-dealkylation sites (N-methyl/N-ethyl adjacent to an activating group) is 1. The Bertz CT molecular complexity index is 1440. The molecule has 5 rings (SSSR count). The summed E-state index contributed by atoms with van der Waals surface area (Å²) in [6.07, 6.45) is 3.46. The summed E-state index contributed by atoms with van der Waals surface area (Å²) in [6, 6.07) is 12.8. The van der Waals surface area contributed by atoms with Crippen molar-refractivity contribution in [3.8, 4) is 5.75 Å². The molecule has 1 saturated heterocycles. The lowest BCUT2D eigenvalue weighted by Gasteiger charge is -2.45. The van der Waals surface area contributed by atoms with Crippen molar-refractivity contribution in [3.05, 3.63) is 65.9 Å². The lowest BCUT2D eigenvalue weighted by molar-refractivity contribution is 0.123. The van der Waals surface area contributed by atoms with Crippen molar-refractivity contribution in [1.82, 2.24) is 34.4 Å². The number of hydrogen-bond donors (Lipinski definition) is 2. The first-order chi connectivity index (χ1) is 19.7. The van der Waals surface area contributed by atoms with Gasteiger partial charge in [-0.05, 0) is 71.1 Å². The van der Waals surface area contributed by atoms with Gasteiger partial charge in [0.2, 0.25) is 0 Å². The van der Waals surface area contributed by atoms with Gasteiger partial charge >= 0.3 is 0 Å². The number of fused-ring (bicyclic) bond motifs is 1. The predicted octanol–water partition coefficient (Wildman–Crippen LogP) is 3.62. The number of nitrogen functional groups attached to an aromatic ring is 1. The third-order valence-corrected chi connectivity index (χ3v) is 7.65. The van der Waals surface area contributed by atoms with E-state index < -0.39 is 0 Å². The summed E-state index contributed by atoms with van der Waals surface area (Å²) >= 11 is 0. The van der Waals surface area contributed by atoms with Crippen LogP contribution in [0.2, 0.25) is 0 Å². The molecule has 0 saturated carbocycles. The summed E-state index contributed by atoms with van der Waals surface area (Å²) < 4.78 is 7.83. The highest BCUT2D eigenvalue weighted by atomic mass is 16.5. The zero-order valence-corrected chi connectivity index (χ0v) is 24.9. The first kappa shape index (κ1) is 28.6. The van der Waals surface area contributed by atoms with Crippen LogP contribution in [0.3, 0.4) is 0 Å². The van der Waals surface area contributed by atoms with E-state index in [0.717, 1.165) is 48.8 Å². The minimum atomic E-state index is -0.180. The van der Waals surface area contributed by atoms with Crippen LogP contribution in [0.1, 0.15) is 43.8 Å². The molecule has 41 heavy (non-hydrogen) atoms. The molecular weight excluding hydrogens is 516 g/mol. The van der Waals surface area contributed by atoms with Gasteiger partial charge in [0, 0.05) is 50.5 Å². The summed E-state index contributed by atoms with van der Waals surface area (Å²) in [6.45, 7) is 13.0. The molecule has 0 aliphatic carbocycles. The molecule has 0 bridgehead atoms. The number of aromatic nitrogens is 5. The van der Waals surface area contributed by atoms with Crippen LogP contribution in [0.15, 0.2) is 48.9 Å². The van der Waals surface area contributed by atoms with Crippen molar-refractivity contribution < 1.29 is 4.74 Å². The van der Waals surface area contributed by atoms with Gasteiger partial charge in [0.15, 0.2) is 11.6 Å². The number of nitrogens with one attached hydrogen (secondary N) is 1.